The van der Waals surface area contributed by atoms with Crippen LogP contribution in [0.25, 0.3) is 0 Å². The van der Waals surface area contributed by atoms with Gasteiger partial charge in [-0.25, -0.2) is 5.11 Å². The Kier molecular flexibility index (Phi) is 2.40. The fraction of sp³-hybridized carbons (Fsp3) is 0.857. The minimum atomic E-state index is -1.01. The van der Waals surface area contributed by atoms with E-state index in [-0.39, 0.29) is 5.78 Å². The third kappa shape index (κ3) is 1.78. The maximum Gasteiger partial charge on any atom is 0.163 e. The number of likely N-dealkylation sites (tertiary alicyclic amines) is 1. The summed E-state index contributed by atoms with van der Waals surface area (Å²) in [5.74, 6) is -0.244. The van der Waals surface area contributed by atoms with Crippen LogP contribution < -0.4 is 0 Å². The highest BCUT2D eigenvalue weighted by atomic mass is 16.3. The van der Waals surface area contributed by atoms with E-state index in [1.165, 1.54) is 13.3 Å². The van der Waals surface area contributed by atoms with E-state index in [2.05, 4.69) is 0 Å². The molecule has 10 heavy (non-hydrogen) atoms. The lowest BCUT2D eigenvalue weighted by Crippen LogP contribution is -2.43. The van der Waals surface area contributed by atoms with E-state index in [1.807, 2.05) is 4.90 Å². The number of Topliss-reactive ketones (excluding diaryl/α,β-unsaturated/α-hetero) is 1. The highest BCUT2D eigenvalue weighted by Crippen LogP contribution is 2.06. The fourth-order valence-electron chi connectivity index (χ4n) is 0.927. The third-order valence-electron chi connectivity index (χ3n) is 1.83. The van der Waals surface area contributed by atoms with E-state index >= 15 is 0 Å². The number of hydrogen-bond acceptors (Lipinski definition) is 2. The molecule has 1 rings (SSSR count). The Morgan fingerprint density at radius 1 is 1.60 bits per heavy atom. The zero-order valence-corrected chi connectivity index (χ0v) is 6.17. The number of hydrogen-bond donors (Lipinski definition) is 0. The van der Waals surface area contributed by atoms with Crippen molar-refractivity contribution in [2.45, 2.75) is 19.4 Å². The van der Waals surface area contributed by atoms with Gasteiger partial charge >= 0.3 is 0 Å². The van der Waals surface area contributed by atoms with Crippen LogP contribution >= 0.6 is 0 Å². The molecule has 0 aromatic carbocycles. The molecular weight excluding hydrogens is 130 g/mol. The van der Waals surface area contributed by atoms with Crippen LogP contribution in [0.3, 0.4) is 0 Å². The van der Waals surface area contributed by atoms with Gasteiger partial charge in [0.05, 0.1) is 0 Å². The van der Waals surface area contributed by atoms with Crippen molar-refractivity contribution in [3.63, 3.8) is 0 Å². The average Bonchev–Trinajstić information content (AvgIpc) is 1.77. The third-order valence-corrected chi connectivity index (χ3v) is 1.83. The summed E-state index contributed by atoms with van der Waals surface area (Å²) in [7, 11) is 0. The summed E-state index contributed by atoms with van der Waals surface area (Å²) >= 11 is 0. The number of ketones is 1. The van der Waals surface area contributed by atoms with Gasteiger partial charge in [-0.1, -0.05) is 0 Å². The highest BCUT2D eigenvalue weighted by Gasteiger charge is 2.20. The van der Waals surface area contributed by atoms with Gasteiger partial charge in [-0.15, -0.1) is 0 Å². The Bertz CT molecular complexity index is 132. The molecule has 0 amide bonds. The molecule has 3 heteroatoms. The summed E-state index contributed by atoms with van der Waals surface area (Å²) in [6, 6.07) is 0. The Morgan fingerprint density at radius 2 is 2.20 bits per heavy atom. The van der Waals surface area contributed by atoms with Crippen molar-refractivity contribution in [1.82, 2.24) is 4.90 Å². The molecule has 1 unspecified atom stereocenters. The molecule has 0 bridgehead atoms. The van der Waals surface area contributed by atoms with E-state index in [0.717, 1.165) is 13.1 Å². The number of nitrogens with zero attached hydrogens (tertiary/aromatic N) is 1. The molecule has 1 fully saturated rings. The topological polar surface area (TPSA) is 40.2 Å². The van der Waals surface area contributed by atoms with Gasteiger partial charge < -0.3 is 4.90 Å². The molecular formula is C7H12NO2. The lowest BCUT2D eigenvalue weighted by atomic mass is 10.1. The van der Waals surface area contributed by atoms with Gasteiger partial charge in [-0.05, 0) is 26.4 Å². The van der Waals surface area contributed by atoms with Gasteiger partial charge in [0.25, 0.3) is 0 Å². The van der Waals surface area contributed by atoms with Crippen LogP contribution in [0.15, 0.2) is 0 Å². The minimum absolute atomic E-state index is 0.244. The van der Waals surface area contributed by atoms with E-state index in [9.17, 15) is 9.90 Å². The van der Waals surface area contributed by atoms with Crippen LogP contribution in [0.2, 0.25) is 0 Å². The predicted octanol–water partition coefficient (Wildman–Crippen LogP) is 0.0802. The predicted molar refractivity (Wildman–Crippen MR) is 36.2 cm³/mol. The summed E-state index contributed by atoms with van der Waals surface area (Å²) in [4.78, 5) is 12.5. The van der Waals surface area contributed by atoms with E-state index in [1.54, 1.807) is 0 Å². The molecule has 0 spiro atoms. The van der Waals surface area contributed by atoms with Crippen molar-refractivity contribution >= 4 is 5.78 Å². The van der Waals surface area contributed by atoms with Crippen LogP contribution in [-0.4, -0.2) is 36.4 Å². The van der Waals surface area contributed by atoms with Crippen molar-refractivity contribution in [3.8, 4) is 0 Å². The lowest BCUT2D eigenvalue weighted by molar-refractivity contribution is -0.130. The lowest BCUT2D eigenvalue weighted by Gasteiger charge is -2.31. The van der Waals surface area contributed by atoms with Gasteiger partial charge in [0, 0.05) is 6.54 Å². The SMILES string of the molecule is CC(=O)C([O])CN1CCC1. The monoisotopic (exact) mass is 142 g/mol. The van der Waals surface area contributed by atoms with Crippen molar-refractivity contribution in [3.05, 3.63) is 0 Å². The first-order chi connectivity index (χ1) is 4.70. The normalized spacial score (nSPS) is 21.8. The standard InChI is InChI=1S/C7H12NO2/c1-6(9)7(10)5-8-3-2-4-8/h7H,2-5H2,1H3. The van der Waals surface area contributed by atoms with Crippen LogP contribution in [-0.2, 0) is 9.90 Å². The molecule has 0 saturated carbocycles. The van der Waals surface area contributed by atoms with Crippen molar-refractivity contribution in [2.75, 3.05) is 19.6 Å². The van der Waals surface area contributed by atoms with Gasteiger partial charge in [0.15, 0.2) is 11.9 Å². The first-order valence-corrected chi connectivity index (χ1v) is 3.59. The van der Waals surface area contributed by atoms with Gasteiger partial charge in [0.2, 0.25) is 0 Å². The van der Waals surface area contributed by atoms with Crippen LogP contribution in [0, 0.1) is 0 Å². The largest absolute Gasteiger partial charge is 0.300 e. The molecule has 1 atom stereocenters. The van der Waals surface area contributed by atoms with Gasteiger partial charge in [0.1, 0.15) is 0 Å². The zero-order chi connectivity index (χ0) is 7.56. The number of rotatable bonds is 3. The fourth-order valence-corrected chi connectivity index (χ4v) is 0.927. The quantitative estimate of drug-likeness (QED) is 0.560. The molecule has 1 radical (unpaired) electrons. The molecule has 1 saturated heterocycles. The van der Waals surface area contributed by atoms with Gasteiger partial charge in [-0.2, -0.15) is 0 Å². The summed E-state index contributed by atoms with van der Waals surface area (Å²) in [6.07, 6.45) is 0.158. The Morgan fingerprint density at radius 3 is 2.50 bits per heavy atom. The number of carbonyl (C=O) groups is 1. The second kappa shape index (κ2) is 3.12. The average molecular weight is 142 g/mol. The maximum atomic E-state index is 10.8. The summed E-state index contributed by atoms with van der Waals surface area (Å²) in [5.41, 5.74) is 0. The van der Waals surface area contributed by atoms with Crippen molar-refractivity contribution in [2.24, 2.45) is 0 Å². The summed E-state index contributed by atoms with van der Waals surface area (Å²) in [6.45, 7) is 3.75. The van der Waals surface area contributed by atoms with E-state index < -0.39 is 6.10 Å². The molecule has 1 aliphatic rings. The second-order valence-electron chi connectivity index (χ2n) is 2.75. The van der Waals surface area contributed by atoms with Crippen LogP contribution in [0.4, 0.5) is 0 Å². The van der Waals surface area contributed by atoms with Crippen molar-refractivity contribution < 1.29 is 9.90 Å². The maximum absolute atomic E-state index is 10.8. The molecule has 57 valence electrons. The molecule has 0 N–H and O–H groups in total. The molecule has 1 aliphatic heterocycles. The second-order valence-corrected chi connectivity index (χ2v) is 2.75. The summed E-state index contributed by atoms with van der Waals surface area (Å²) < 4.78 is 0. The van der Waals surface area contributed by atoms with Crippen LogP contribution in [0.1, 0.15) is 13.3 Å². The van der Waals surface area contributed by atoms with E-state index in [0.29, 0.717) is 6.54 Å². The minimum Gasteiger partial charge on any atom is -0.300 e. The Labute approximate surface area is 60.6 Å². The zero-order valence-electron chi connectivity index (χ0n) is 6.17. The Hall–Kier alpha value is -0.410. The van der Waals surface area contributed by atoms with E-state index in [4.69, 9.17) is 0 Å². The Balaban J connectivity index is 2.16. The summed E-state index contributed by atoms with van der Waals surface area (Å²) in [5, 5.41) is 10.8. The molecule has 0 aliphatic carbocycles. The molecule has 0 aromatic heterocycles. The van der Waals surface area contributed by atoms with Crippen molar-refractivity contribution in [1.29, 1.82) is 0 Å². The highest BCUT2D eigenvalue weighted by molar-refractivity contribution is 5.80. The molecule has 0 aromatic rings. The smallest absolute Gasteiger partial charge is 0.163 e. The van der Waals surface area contributed by atoms with Gasteiger partial charge in [-0.3, -0.25) is 4.79 Å². The number of carbonyl (C=O) groups excluding carboxylic acids is 1. The molecule has 3 nitrogen and oxygen atoms in total. The van der Waals surface area contributed by atoms with Crippen LogP contribution in [0.5, 0.6) is 0 Å². The molecule has 1 heterocycles. The first-order valence-electron chi connectivity index (χ1n) is 3.59. The first kappa shape index (κ1) is 7.69.